The quantitative estimate of drug-likeness (QED) is 0.675. The monoisotopic (exact) mass is 427 g/mol. The first-order chi connectivity index (χ1) is 15.0. The lowest BCUT2D eigenvalue weighted by atomic mass is 10.0. The van der Waals surface area contributed by atoms with Gasteiger partial charge in [-0.1, -0.05) is 12.1 Å². The summed E-state index contributed by atoms with van der Waals surface area (Å²) in [6, 6.07) is 11.5. The Morgan fingerprint density at radius 3 is 2.42 bits per heavy atom. The molecule has 1 aliphatic rings. The zero-order valence-electron chi connectivity index (χ0n) is 18.9. The van der Waals surface area contributed by atoms with Crippen molar-refractivity contribution in [1.82, 2.24) is 10.2 Å². The molecule has 7 nitrogen and oxygen atoms in total. The maximum absolute atomic E-state index is 13.1. The number of benzene rings is 2. The van der Waals surface area contributed by atoms with Gasteiger partial charge in [0.1, 0.15) is 0 Å². The van der Waals surface area contributed by atoms with E-state index >= 15 is 0 Å². The predicted octanol–water partition coefficient (Wildman–Crippen LogP) is 2.62. The maximum Gasteiger partial charge on any atom is 0.252 e. The number of rotatable bonds is 8. The van der Waals surface area contributed by atoms with Crippen molar-refractivity contribution in [1.29, 1.82) is 0 Å². The van der Waals surface area contributed by atoms with Crippen molar-refractivity contribution in [3.63, 3.8) is 0 Å². The molecule has 3 rings (SSSR count). The van der Waals surface area contributed by atoms with Gasteiger partial charge < -0.3 is 24.8 Å². The van der Waals surface area contributed by atoms with Crippen LogP contribution in [0.25, 0.3) is 0 Å². The van der Waals surface area contributed by atoms with Crippen LogP contribution in [0.4, 0.5) is 5.69 Å². The lowest BCUT2D eigenvalue weighted by Gasteiger charge is -2.36. The average molecular weight is 428 g/mol. The van der Waals surface area contributed by atoms with Crippen LogP contribution < -0.4 is 19.7 Å². The van der Waals surface area contributed by atoms with Gasteiger partial charge in [0, 0.05) is 44.0 Å². The molecule has 0 aliphatic carbocycles. The van der Waals surface area contributed by atoms with Crippen LogP contribution in [-0.4, -0.2) is 69.5 Å². The largest absolute Gasteiger partial charge is 0.493 e. The van der Waals surface area contributed by atoms with Crippen molar-refractivity contribution < 1.29 is 19.4 Å². The minimum absolute atomic E-state index is 0.0967. The highest BCUT2D eigenvalue weighted by atomic mass is 16.5. The van der Waals surface area contributed by atoms with Gasteiger partial charge in [-0.2, -0.15) is 0 Å². The molecule has 2 aromatic carbocycles. The molecule has 0 saturated carbocycles. The fraction of sp³-hybridized carbons (Fsp3) is 0.458. The van der Waals surface area contributed by atoms with Crippen molar-refractivity contribution in [2.45, 2.75) is 19.9 Å². The summed E-state index contributed by atoms with van der Waals surface area (Å²) in [4.78, 5) is 17.6. The fourth-order valence-electron chi connectivity index (χ4n) is 3.90. The number of ether oxygens (including phenoxy) is 2. The number of carbonyl (C=O) groups excluding carboxylic acids is 1. The highest BCUT2D eigenvalue weighted by Gasteiger charge is 2.20. The van der Waals surface area contributed by atoms with Gasteiger partial charge in [-0.05, 0) is 49.2 Å². The van der Waals surface area contributed by atoms with E-state index in [1.54, 1.807) is 14.2 Å². The van der Waals surface area contributed by atoms with E-state index in [-0.39, 0.29) is 18.6 Å². The van der Waals surface area contributed by atoms with Crippen molar-refractivity contribution in [3.8, 4) is 11.5 Å². The number of aliphatic hydroxyl groups is 1. The second-order valence-electron chi connectivity index (χ2n) is 7.86. The van der Waals surface area contributed by atoms with Gasteiger partial charge >= 0.3 is 0 Å². The van der Waals surface area contributed by atoms with Crippen LogP contribution in [0.2, 0.25) is 0 Å². The Morgan fingerprint density at radius 1 is 1.06 bits per heavy atom. The van der Waals surface area contributed by atoms with Crippen molar-refractivity contribution in [3.05, 3.63) is 53.1 Å². The molecule has 0 unspecified atom stereocenters. The molecular formula is C24H33N3O4. The Kier molecular flexibility index (Phi) is 7.76. The van der Waals surface area contributed by atoms with E-state index in [0.717, 1.165) is 43.0 Å². The van der Waals surface area contributed by atoms with E-state index in [9.17, 15) is 4.79 Å². The number of nitrogens with zero attached hydrogens (tertiary/aromatic N) is 2. The van der Waals surface area contributed by atoms with Gasteiger partial charge in [0.2, 0.25) is 0 Å². The summed E-state index contributed by atoms with van der Waals surface area (Å²) in [6.07, 6.45) is 0. The number of nitrogens with one attached hydrogen (secondary N) is 1. The molecule has 1 fully saturated rings. The summed E-state index contributed by atoms with van der Waals surface area (Å²) in [7, 11) is 3.20. The third-order valence-corrected chi connectivity index (χ3v) is 5.87. The molecule has 0 radical (unpaired) electrons. The van der Waals surface area contributed by atoms with Gasteiger partial charge in [-0.25, -0.2) is 0 Å². The maximum atomic E-state index is 13.1. The summed E-state index contributed by atoms with van der Waals surface area (Å²) in [5.41, 5.74) is 3.63. The molecule has 0 aromatic heterocycles. The molecule has 1 amide bonds. The third-order valence-electron chi connectivity index (χ3n) is 5.87. The van der Waals surface area contributed by atoms with E-state index in [4.69, 9.17) is 14.6 Å². The third kappa shape index (κ3) is 5.48. The van der Waals surface area contributed by atoms with Crippen molar-refractivity contribution in [2.24, 2.45) is 0 Å². The van der Waals surface area contributed by atoms with Gasteiger partial charge in [0.15, 0.2) is 11.5 Å². The van der Waals surface area contributed by atoms with Crippen LogP contribution in [0.5, 0.6) is 11.5 Å². The topological polar surface area (TPSA) is 74.3 Å². The molecule has 168 valence electrons. The highest BCUT2D eigenvalue weighted by molar-refractivity contribution is 5.96. The summed E-state index contributed by atoms with van der Waals surface area (Å²) in [5, 5.41) is 12.2. The van der Waals surface area contributed by atoms with Crippen molar-refractivity contribution in [2.75, 3.05) is 58.5 Å². The number of aliphatic hydroxyl groups excluding tert-OH is 1. The number of carbonyl (C=O) groups is 1. The van der Waals surface area contributed by atoms with Crippen LogP contribution in [0.3, 0.4) is 0 Å². The van der Waals surface area contributed by atoms with Gasteiger partial charge in [0.25, 0.3) is 5.91 Å². The smallest absolute Gasteiger partial charge is 0.252 e. The predicted molar refractivity (Wildman–Crippen MR) is 122 cm³/mol. The zero-order chi connectivity index (χ0) is 22.4. The lowest BCUT2D eigenvalue weighted by Crippen LogP contribution is -2.47. The number of amides is 1. The highest BCUT2D eigenvalue weighted by Crippen LogP contribution is 2.30. The fourth-order valence-corrected chi connectivity index (χ4v) is 3.90. The number of methoxy groups -OCH3 is 2. The number of anilines is 1. The summed E-state index contributed by atoms with van der Waals surface area (Å²) >= 11 is 0. The molecule has 31 heavy (non-hydrogen) atoms. The number of hydrogen-bond acceptors (Lipinski definition) is 6. The Bertz CT molecular complexity index is 894. The van der Waals surface area contributed by atoms with E-state index < -0.39 is 0 Å². The number of piperazine rings is 1. The molecular weight excluding hydrogens is 394 g/mol. The Hall–Kier alpha value is -2.77. The molecule has 0 bridgehead atoms. The van der Waals surface area contributed by atoms with Crippen LogP contribution in [-0.2, 0) is 0 Å². The first-order valence-corrected chi connectivity index (χ1v) is 10.7. The first kappa shape index (κ1) is 22.9. The number of β-amino-alcohol motifs (C(OH)–C–C–N with tert-alkyl or cyclic N) is 1. The minimum atomic E-state index is -0.183. The molecule has 1 aliphatic heterocycles. The van der Waals surface area contributed by atoms with Gasteiger partial charge in [-0.15, -0.1) is 0 Å². The lowest BCUT2D eigenvalue weighted by molar-refractivity contribution is 0.0939. The van der Waals surface area contributed by atoms with E-state index in [0.29, 0.717) is 23.6 Å². The molecule has 2 N–H and O–H groups in total. The normalized spacial score (nSPS) is 15.5. The summed E-state index contributed by atoms with van der Waals surface area (Å²) in [6.45, 7) is 8.39. The van der Waals surface area contributed by atoms with Crippen LogP contribution in [0, 0.1) is 6.92 Å². The number of hydrogen-bond donors (Lipinski definition) is 2. The second-order valence-corrected chi connectivity index (χ2v) is 7.86. The Labute approximate surface area is 184 Å². The van der Waals surface area contributed by atoms with Crippen LogP contribution >= 0.6 is 0 Å². The Morgan fingerprint density at radius 2 is 1.77 bits per heavy atom. The molecule has 1 saturated heterocycles. The molecule has 1 heterocycles. The molecule has 7 heteroatoms. The second kappa shape index (κ2) is 10.5. The molecule has 2 aromatic rings. The number of aryl methyl sites for hydroxylation is 1. The van der Waals surface area contributed by atoms with E-state index in [2.05, 4.69) is 21.2 Å². The van der Waals surface area contributed by atoms with Gasteiger partial charge in [-0.3, -0.25) is 9.69 Å². The van der Waals surface area contributed by atoms with Crippen molar-refractivity contribution >= 4 is 11.6 Å². The summed E-state index contributed by atoms with van der Waals surface area (Å²) < 4.78 is 10.7. The Balaban J connectivity index is 1.71. The SMILES string of the molecule is COc1ccc([C@@H](C)NC(=O)c2cc(N3CCN(CCO)CC3)ccc2C)cc1OC. The van der Waals surface area contributed by atoms with Crippen LogP contribution in [0.1, 0.15) is 34.5 Å². The van der Waals surface area contributed by atoms with Crippen LogP contribution in [0.15, 0.2) is 36.4 Å². The zero-order valence-corrected chi connectivity index (χ0v) is 18.9. The average Bonchev–Trinajstić information content (AvgIpc) is 2.79. The molecule has 0 spiro atoms. The van der Waals surface area contributed by atoms with E-state index in [1.165, 1.54) is 0 Å². The molecule has 1 atom stereocenters. The minimum Gasteiger partial charge on any atom is -0.493 e. The standard InChI is InChI=1S/C24H33N3O4/c1-17-5-7-20(27-11-9-26(10-12-27)13-14-28)16-21(17)24(29)25-18(2)19-6-8-22(30-3)23(15-19)31-4/h5-8,15-16,18,28H,9-14H2,1-4H3,(H,25,29)/t18-/m1/s1. The summed E-state index contributed by atoms with van der Waals surface area (Å²) in [5.74, 6) is 1.20. The van der Waals surface area contributed by atoms with Gasteiger partial charge in [0.05, 0.1) is 26.9 Å². The van der Waals surface area contributed by atoms with E-state index in [1.807, 2.05) is 44.2 Å². The first-order valence-electron chi connectivity index (χ1n) is 10.7.